The van der Waals surface area contributed by atoms with Crippen LogP contribution in [0.25, 0.3) is 0 Å². The Morgan fingerprint density at radius 3 is 2.62 bits per heavy atom. The molecule has 0 bridgehead atoms. The van der Waals surface area contributed by atoms with Crippen LogP contribution >= 0.6 is 0 Å². The maximum absolute atomic E-state index is 12.0. The standard InChI is InChI=1S/C8H7F2NO2/c1-13-8(12)6-3-2-5(4-11-6)7(9)10/h2-4,7H,1H3/p+1. The van der Waals surface area contributed by atoms with Gasteiger partial charge < -0.3 is 4.74 Å². The summed E-state index contributed by atoms with van der Waals surface area (Å²) in [5.41, 5.74) is -0.0143. The number of carbonyl (C=O) groups excluding carboxylic acids is 1. The summed E-state index contributed by atoms with van der Waals surface area (Å²) in [6, 6.07) is 2.43. The van der Waals surface area contributed by atoms with E-state index in [1.54, 1.807) is 0 Å². The Morgan fingerprint density at radius 1 is 1.54 bits per heavy atom. The number of carbonyl (C=O) groups is 1. The summed E-state index contributed by atoms with van der Waals surface area (Å²) in [5, 5.41) is 0. The summed E-state index contributed by atoms with van der Waals surface area (Å²) in [7, 11) is 1.22. The second-order valence-corrected chi connectivity index (χ2v) is 2.33. The van der Waals surface area contributed by atoms with Crippen LogP contribution in [0.1, 0.15) is 22.5 Å². The van der Waals surface area contributed by atoms with Crippen molar-refractivity contribution in [1.29, 1.82) is 0 Å². The van der Waals surface area contributed by atoms with E-state index in [4.69, 9.17) is 0 Å². The zero-order valence-electron chi connectivity index (χ0n) is 6.88. The van der Waals surface area contributed by atoms with E-state index in [-0.39, 0.29) is 11.3 Å². The molecule has 3 nitrogen and oxygen atoms in total. The Labute approximate surface area is 73.4 Å². The Morgan fingerprint density at radius 2 is 2.23 bits per heavy atom. The molecule has 5 heteroatoms. The van der Waals surface area contributed by atoms with E-state index in [9.17, 15) is 13.6 Å². The number of H-pyrrole nitrogens is 1. The van der Waals surface area contributed by atoms with Crippen LogP contribution in [0.4, 0.5) is 8.78 Å². The predicted molar refractivity (Wildman–Crippen MR) is 39.3 cm³/mol. The highest BCUT2D eigenvalue weighted by molar-refractivity contribution is 5.85. The van der Waals surface area contributed by atoms with Gasteiger partial charge in [-0.1, -0.05) is 0 Å². The zero-order chi connectivity index (χ0) is 9.84. The van der Waals surface area contributed by atoms with E-state index < -0.39 is 12.4 Å². The van der Waals surface area contributed by atoms with Crippen LogP contribution in [-0.2, 0) is 4.74 Å². The highest BCUT2D eigenvalue weighted by Gasteiger charge is 2.15. The van der Waals surface area contributed by atoms with Gasteiger partial charge in [-0.05, 0) is 6.07 Å². The number of esters is 1. The molecule has 0 atom stereocenters. The highest BCUT2D eigenvalue weighted by Crippen LogP contribution is 2.15. The Kier molecular flexibility index (Phi) is 2.89. The van der Waals surface area contributed by atoms with Crippen molar-refractivity contribution in [3.63, 3.8) is 0 Å². The van der Waals surface area contributed by atoms with E-state index in [0.717, 1.165) is 6.20 Å². The first-order valence-corrected chi connectivity index (χ1v) is 3.53. The molecule has 0 aromatic carbocycles. The van der Waals surface area contributed by atoms with Crippen molar-refractivity contribution < 1.29 is 23.3 Å². The summed E-state index contributed by atoms with van der Waals surface area (Å²) in [6.45, 7) is 0. The molecule has 1 N–H and O–H groups in total. The fourth-order valence-electron chi connectivity index (χ4n) is 0.810. The van der Waals surface area contributed by atoms with Crippen molar-refractivity contribution in [2.75, 3.05) is 7.11 Å². The molecule has 0 unspecified atom stereocenters. The third-order valence-corrected chi connectivity index (χ3v) is 1.49. The largest absolute Gasteiger partial charge is 0.461 e. The molecule has 0 aliphatic heterocycles. The molecule has 0 saturated carbocycles. The Hall–Kier alpha value is -1.52. The molecule has 1 rings (SSSR count). The zero-order valence-corrected chi connectivity index (χ0v) is 6.88. The van der Waals surface area contributed by atoms with E-state index in [1.807, 2.05) is 0 Å². The number of nitrogens with one attached hydrogen (secondary N) is 1. The van der Waals surface area contributed by atoms with Crippen molar-refractivity contribution in [1.82, 2.24) is 0 Å². The van der Waals surface area contributed by atoms with E-state index in [1.165, 1.54) is 19.2 Å². The maximum Gasteiger partial charge on any atom is 0.403 e. The third kappa shape index (κ3) is 2.21. The van der Waals surface area contributed by atoms with E-state index >= 15 is 0 Å². The summed E-state index contributed by atoms with van der Waals surface area (Å²) in [5.74, 6) is -0.583. The normalized spacial score (nSPS) is 10.2. The molecule has 0 aliphatic rings. The van der Waals surface area contributed by atoms with Crippen molar-refractivity contribution in [2.24, 2.45) is 0 Å². The van der Waals surface area contributed by atoms with Gasteiger partial charge in [0.1, 0.15) is 0 Å². The first kappa shape index (κ1) is 9.57. The maximum atomic E-state index is 12.0. The number of pyridine rings is 1. The van der Waals surface area contributed by atoms with Gasteiger partial charge in [0.05, 0.1) is 12.7 Å². The number of rotatable bonds is 2. The molecule has 0 radical (unpaired) electrons. The van der Waals surface area contributed by atoms with Crippen molar-refractivity contribution in [3.05, 3.63) is 29.6 Å². The minimum atomic E-state index is -2.54. The number of methoxy groups -OCH3 is 1. The Balaban J connectivity index is 2.87. The van der Waals surface area contributed by atoms with Gasteiger partial charge in [0, 0.05) is 6.07 Å². The molecule has 0 fully saturated rings. The number of ether oxygens (including phenoxy) is 1. The van der Waals surface area contributed by atoms with Gasteiger partial charge in [0.15, 0.2) is 6.20 Å². The lowest BCUT2D eigenvalue weighted by atomic mass is 10.2. The summed E-state index contributed by atoms with van der Waals surface area (Å²) < 4.78 is 28.5. The second kappa shape index (κ2) is 3.93. The van der Waals surface area contributed by atoms with Gasteiger partial charge in [0.2, 0.25) is 0 Å². The molecule has 70 valence electrons. The van der Waals surface area contributed by atoms with Gasteiger partial charge in [-0.25, -0.2) is 18.6 Å². The fourth-order valence-corrected chi connectivity index (χ4v) is 0.810. The average molecular weight is 188 g/mol. The monoisotopic (exact) mass is 188 g/mol. The molecular formula is C8H8F2NO2+. The average Bonchev–Trinajstić information content (AvgIpc) is 2.17. The van der Waals surface area contributed by atoms with Crippen LogP contribution in [0.3, 0.4) is 0 Å². The van der Waals surface area contributed by atoms with Gasteiger partial charge >= 0.3 is 5.97 Å². The first-order valence-electron chi connectivity index (χ1n) is 3.53. The van der Waals surface area contributed by atoms with Crippen LogP contribution < -0.4 is 4.98 Å². The molecule has 0 saturated heterocycles. The van der Waals surface area contributed by atoms with Crippen LogP contribution in [0.15, 0.2) is 18.3 Å². The lowest BCUT2D eigenvalue weighted by molar-refractivity contribution is -0.384. The molecule has 1 heterocycles. The third-order valence-electron chi connectivity index (χ3n) is 1.49. The minimum Gasteiger partial charge on any atom is -0.461 e. The number of aromatic nitrogens is 1. The molecule has 0 spiro atoms. The summed E-state index contributed by atoms with van der Waals surface area (Å²) >= 11 is 0. The fraction of sp³-hybridized carbons (Fsp3) is 0.250. The Bertz CT molecular complexity index is 298. The van der Waals surface area contributed by atoms with E-state index in [0.29, 0.717) is 0 Å². The van der Waals surface area contributed by atoms with Gasteiger partial charge in [-0.3, -0.25) is 0 Å². The number of hydrogen-bond acceptors (Lipinski definition) is 2. The summed E-state index contributed by atoms with van der Waals surface area (Å²) in [4.78, 5) is 13.3. The predicted octanol–water partition coefficient (Wildman–Crippen LogP) is 1.22. The van der Waals surface area contributed by atoms with Crippen LogP contribution in [-0.4, -0.2) is 13.1 Å². The first-order chi connectivity index (χ1) is 6.15. The number of hydrogen-bond donors (Lipinski definition) is 0. The SMILES string of the molecule is COC(=O)c1ccc(C(F)F)c[nH+]1. The topological polar surface area (TPSA) is 40.4 Å². The molecule has 1 aromatic rings. The van der Waals surface area contributed by atoms with Crippen LogP contribution in [0.5, 0.6) is 0 Å². The number of alkyl halides is 2. The van der Waals surface area contributed by atoms with Crippen molar-refractivity contribution >= 4 is 5.97 Å². The van der Waals surface area contributed by atoms with Gasteiger partial charge in [-0.15, -0.1) is 0 Å². The molecule has 0 aliphatic carbocycles. The second-order valence-electron chi connectivity index (χ2n) is 2.33. The highest BCUT2D eigenvalue weighted by atomic mass is 19.3. The van der Waals surface area contributed by atoms with Gasteiger partial charge in [0.25, 0.3) is 12.1 Å². The van der Waals surface area contributed by atoms with E-state index in [2.05, 4.69) is 9.72 Å². The summed E-state index contributed by atoms with van der Waals surface area (Å²) in [6.07, 6.45) is -1.46. The molecular weight excluding hydrogens is 180 g/mol. The molecule has 13 heavy (non-hydrogen) atoms. The molecule has 0 amide bonds. The number of aromatic amines is 1. The molecule has 1 aromatic heterocycles. The lowest BCUT2D eigenvalue weighted by Crippen LogP contribution is -2.18. The number of halogens is 2. The van der Waals surface area contributed by atoms with Crippen molar-refractivity contribution in [2.45, 2.75) is 6.43 Å². The van der Waals surface area contributed by atoms with Crippen LogP contribution in [0.2, 0.25) is 0 Å². The van der Waals surface area contributed by atoms with Gasteiger partial charge in [-0.2, -0.15) is 0 Å². The smallest absolute Gasteiger partial charge is 0.403 e. The lowest BCUT2D eigenvalue weighted by Gasteiger charge is -1.95. The minimum absolute atomic E-state index is 0.145. The van der Waals surface area contributed by atoms with Crippen molar-refractivity contribution in [3.8, 4) is 0 Å². The van der Waals surface area contributed by atoms with Crippen LogP contribution in [0, 0.1) is 0 Å². The quantitative estimate of drug-likeness (QED) is 0.655.